The van der Waals surface area contributed by atoms with E-state index in [2.05, 4.69) is 13.0 Å². The standard InChI is InChI=1S/C27H42O5/c1-5-6-7-8-9-10-14-22(28)17-21-18-24(27(31)32)23(26(30)25(21)29)16-15-20(4)13-11-12-19(2)3/h12,15,18,22,28-30H,5-11,13-14,16-17H2,1-4H3,(H,31,32)/b20-15+. The van der Waals surface area contributed by atoms with E-state index in [1.807, 2.05) is 26.8 Å². The van der Waals surface area contributed by atoms with Crippen LogP contribution in [0.4, 0.5) is 0 Å². The molecule has 1 aromatic carbocycles. The van der Waals surface area contributed by atoms with Crippen LogP contribution in [0.15, 0.2) is 29.4 Å². The van der Waals surface area contributed by atoms with Crippen LogP contribution in [0.25, 0.3) is 0 Å². The van der Waals surface area contributed by atoms with E-state index in [0.29, 0.717) is 6.42 Å². The minimum Gasteiger partial charge on any atom is -0.504 e. The van der Waals surface area contributed by atoms with Crippen LogP contribution in [0.3, 0.4) is 0 Å². The SMILES string of the molecule is CCCCCCCCC(O)Cc1cc(C(=O)O)c(C/C=C(\C)CCC=C(C)C)c(O)c1O. The minimum atomic E-state index is -1.16. The van der Waals surface area contributed by atoms with Gasteiger partial charge in [-0.15, -0.1) is 0 Å². The van der Waals surface area contributed by atoms with Gasteiger partial charge in [-0.3, -0.25) is 0 Å². The van der Waals surface area contributed by atoms with Crippen LogP contribution in [-0.2, 0) is 12.8 Å². The first kappa shape index (κ1) is 27.8. The highest BCUT2D eigenvalue weighted by molar-refractivity contribution is 5.91. The Hall–Kier alpha value is -2.27. The normalized spacial score (nSPS) is 12.6. The molecule has 32 heavy (non-hydrogen) atoms. The smallest absolute Gasteiger partial charge is 0.336 e. The zero-order valence-electron chi connectivity index (χ0n) is 20.3. The van der Waals surface area contributed by atoms with Crippen LogP contribution in [0.2, 0.25) is 0 Å². The number of hydrogen-bond acceptors (Lipinski definition) is 4. The molecule has 0 radical (unpaired) electrons. The largest absolute Gasteiger partial charge is 0.504 e. The Kier molecular flexibility index (Phi) is 12.8. The molecule has 5 heteroatoms. The van der Waals surface area contributed by atoms with Crippen LogP contribution in [0, 0.1) is 0 Å². The third-order valence-electron chi connectivity index (χ3n) is 5.78. The average Bonchev–Trinajstić information content (AvgIpc) is 2.72. The topological polar surface area (TPSA) is 98.0 Å². The van der Waals surface area contributed by atoms with Crippen molar-refractivity contribution in [1.82, 2.24) is 0 Å². The summed E-state index contributed by atoms with van der Waals surface area (Å²) in [5.41, 5.74) is 2.78. The number of rotatable bonds is 15. The first-order valence-electron chi connectivity index (χ1n) is 11.9. The van der Waals surface area contributed by atoms with Crippen molar-refractivity contribution in [2.75, 3.05) is 0 Å². The summed E-state index contributed by atoms with van der Waals surface area (Å²) in [5.74, 6) is -1.89. The number of carboxylic acids is 1. The van der Waals surface area contributed by atoms with Gasteiger partial charge in [-0.2, -0.15) is 0 Å². The number of aromatic hydroxyl groups is 2. The van der Waals surface area contributed by atoms with Crippen LogP contribution < -0.4 is 0 Å². The number of aliphatic hydroxyl groups excluding tert-OH is 1. The van der Waals surface area contributed by atoms with Gasteiger partial charge in [0.15, 0.2) is 11.5 Å². The van der Waals surface area contributed by atoms with Gasteiger partial charge < -0.3 is 20.4 Å². The van der Waals surface area contributed by atoms with Crippen LogP contribution in [-0.4, -0.2) is 32.5 Å². The van der Waals surface area contributed by atoms with Gasteiger partial charge in [0.05, 0.1) is 11.7 Å². The Balaban J connectivity index is 2.86. The molecule has 0 heterocycles. The lowest BCUT2D eigenvalue weighted by Crippen LogP contribution is -2.12. The van der Waals surface area contributed by atoms with Crippen molar-refractivity contribution in [3.8, 4) is 11.5 Å². The van der Waals surface area contributed by atoms with Crippen molar-refractivity contribution in [2.24, 2.45) is 0 Å². The summed E-state index contributed by atoms with van der Waals surface area (Å²) in [6.07, 6.45) is 12.7. The third-order valence-corrected chi connectivity index (χ3v) is 5.78. The van der Waals surface area contributed by atoms with Crippen molar-refractivity contribution in [1.29, 1.82) is 0 Å². The Labute approximate surface area is 193 Å². The minimum absolute atomic E-state index is 0.0320. The summed E-state index contributed by atoms with van der Waals surface area (Å²) < 4.78 is 0. The van der Waals surface area contributed by atoms with Crippen molar-refractivity contribution in [3.05, 3.63) is 46.1 Å². The quantitative estimate of drug-likeness (QED) is 0.137. The molecule has 0 fully saturated rings. The number of phenolic OH excluding ortho intramolecular Hbond substituents is 2. The van der Waals surface area contributed by atoms with E-state index in [1.54, 1.807) is 0 Å². The maximum absolute atomic E-state index is 11.8. The fourth-order valence-electron chi connectivity index (χ4n) is 3.79. The Morgan fingerprint density at radius 1 is 1.00 bits per heavy atom. The van der Waals surface area contributed by atoms with Gasteiger partial charge in [0.1, 0.15) is 0 Å². The highest BCUT2D eigenvalue weighted by atomic mass is 16.4. The maximum Gasteiger partial charge on any atom is 0.336 e. The number of phenols is 2. The zero-order chi connectivity index (χ0) is 24.1. The van der Waals surface area contributed by atoms with E-state index >= 15 is 0 Å². The summed E-state index contributed by atoms with van der Waals surface area (Å²) in [7, 11) is 0. The van der Waals surface area contributed by atoms with Crippen molar-refractivity contribution in [2.45, 2.75) is 104 Å². The summed E-state index contributed by atoms with van der Waals surface area (Å²) >= 11 is 0. The molecule has 4 N–H and O–H groups in total. The van der Waals surface area contributed by atoms with Gasteiger partial charge in [0.2, 0.25) is 0 Å². The molecule has 1 aromatic rings. The molecule has 0 aliphatic rings. The van der Waals surface area contributed by atoms with E-state index < -0.39 is 17.8 Å². The van der Waals surface area contributed by atoms with Gasteiger partial charge in [-0.1, -0.05) is 68.7 Å². The van der Waals surface area contributed by atoms with E-state index in [0.717, 1.165) is 37.7 Å². The summed E-state index contributed by atoms with van der Waals surface area (Å²) in [5, 5.41) is 41.1. The lowest BCUT2D eigenvalue weighted by molar-refractivity contribution is 0.0694. The first-order chi connectivity index (χ1) is 15.2. The summed E-state index contributed by atoms with van der Waals surface area (Å²) in [6.45, 7) is 8.24. The average molecular weight is 447 g/mol. The Morgan fingerprint density at radius 3 is 2.28 bits per heavy atom. The second-order valence-electron chi connectivity index (χ2n) is 9.05. The third kappa shape index (κ3) is 9.90. The number of carbonyl (C=O) groups is 1. The van der Waals surface area contributed by atoms with E-state index in [4.69, 9.17) is 0 Å². The van der Waals surface area contributed by atoms with Crippen LogP contribution in [0.1, 0.15) is 107 Å². The number of allylic oxidation sites excluding steroid dienone is 4. The van der Waals surface area contributed by atoms with Crippen molar-refractivity contribution < 1.29 is 25.2 Å². The van der Waals surface area contributed by atoms with Gasteiger partial charge in [0.25, 0.3) is 0 Å². The summed E-state index contributed by atoms with van der Waals surface area (Å²) in [4.78, 5) is 11.8. The predicted molar refractivity (Wildman–Crippen MR) is 131 cm³/mol. The van der Waals surface area contributed by atoms with E-state index in [1.165, 1.54) is 30.9 Å². The number of benzene rings is 1. The molecular formula is C27H42O5. The maximum atomic E-state index is 11.8. The molecule has 0 amide bonds. The molecule has 0 aromatic heterocycles. The molecule has 180 valence electrons. The molecule has 0 bridgehead atoms. The molecule has 0 aliphatic heterocycles. The van der Waals surface area contributed by atoms with Crippen molar-refractivity contribution in [3.63, 3.8) is 0 Å². The van der Waals surface area contributed by atoms with Gasteiger partial charge in [-0.05, 0) is 52.5 Å². The van der Waals surface area contributed by atoms with E-state index in [-0.39, 0.29) is 35.3 Å². The lowest BCUT2D eigenvalue weighted by Gasteiger charge is -2.16. The molecule has 0 saturated carbocycles. The highest BCUT2D eigenvalue weighted by Crippen LogP contribution is 2.37. The fourth-order valence-corrected chi connectivity index (χ4v) is 3.79. The first-order valence-corrected chi connectivity index (χ1v) is 11.9. The molecule has 0 saturated heterocycles. The number of aromatic carboxylic acids is 1. The molecule has 5 nitrogen and oxygen atoms in total. The van der Waals surface area contributed by atoms with Crippen molar-refractivity contribution >= 4 is 5.97 Å². The summed E-state index contributed by atoms with van der Waals surface area (Å²) in [6, 6.07) is 1.39. The Bertz CT molecular complexity index is 788. The molecular weight excluding hydrogens is 404 g/mol. The molecule has 1 unspecified atom stereocenters. The fraction of sp³-hybridized carbons (Fsp3) is 0.593. The van der Waals surface area contributed by atoms with E-state index in [9.17, 15) is 25.2 Å². The number of unbranched alkanes of at least 4 members (excludes halogenated alkanes) is 5. The molecule has 1 atom stereocenters. The predicted octanol–water partition coefficient (Wildman–Crippen LogP) is 6.69. The lowest BCUT2D eigenvalue weighted by atomic mass is 9.94. The highest BCUT2D eigenvalue weighted by Gasteiger charge is 2.22. The molecule has 1 rings (SSSR count). The van der Waals surface area contributed by atoms with Gasteiger partial charge in [-0.25, -0.2) is 4.79 Å². The van der Waals surface area contributed by atoms with Gasteiger partial charge >= 0.3 is 5.97 Å². The zero-order valence-corrected chi connectivity index (χ0v) is 20.3. The number of carboxylic acid groups (broad SMARTS) is 1. The molecule has 0 spiro atoms. The van der Waals surface area contributed by atoms with Crippen LogP contribution in [0.5, 0.6) is 11.5 Å². The number of hydrogen-bond donors (Lipinski definition) is 4. The second-order valence-corrected chi connectivity index (χ2v) is 9.05. The second kappa shape index (κ2) is 14.7. The monoisotopic (exact) mass is 446 g/mol. The molecule has 0 aliphatic carbocycles. The number of aliphatic hydroxyl groups is 1. The Morgan fingerprint density at radius 2 is 1.66 bits per heavy atom. The van der Waals surface area contributed by atoms with Gasteiger partial charge in [0, 0.05) is 17.5 Å². The van der Waals surface area contributed by atoms with Crippen LogP contribution >= 0.6 is 0 Å².